The molecule has 1 amide bonds. The van der Waals surface area contributed by atoms with Crippen LogP contribution in [0.15, 0.2) is 10.6 Å². The van der Waals surface area contributed by atoms with Gasteiger partial charge in [-0.15, -0.1) is 0 Å². The van der Waals surface area contributed by atoms with Gasteiger partial charge in [0.05, 0.1) is 12.3 Å². The first-order valence-corrected chi connectivity index (χ1v) is 11.2. The number of hydrogen-bond acceptors (Lipinski definition) is 6. The molecule has 1 rings (SSSR count). The van der Waals surface area contributed by atoms with E-state index in [-0.39, 0.29) is 24.7 Å². The number of rotatable bonds is 15. The third-order valence-corrected chi connectivity index (χ3v) is 6.02. The molecule has 156 valence electrons. The van der Waals surface area contributed by atoms with Crippen LogP contribution in [-0.4, -0.2) is 56.3 Å². The highest BCUT2D eigenvalue weighted by atomic mass is 32.2. The molecule has 0 aliphatic rings. The van der Waals surface area contributed by atoms with E-state index in [1.165, 1.54) is 10.7 Å². The molecule has 0 saturated carbocycles. The number of unbranched alkanes of at least 4 members (excludes halogenated alkanes) is 5. The van der Waals surface area contributed by atoms with E-state index in [4.69, 9.17) is 9.26 Å². The van der Waals surface area contributed by atoms with E-state index >= 15 is 0 Å². The zero-order valence-corrected chi connectivity index (χ0v) is 17.5. The Morgan fingerprint density at radius 1 is 1.22 bits per heavy atom. The van der Waals surface area contributed by atoms with Gasteiger partial charge in [0.15, 0.2) is 5.82 Å². The molecule has 1 aromatic heterocycles. The maximum Gasteiger partial charge on any atom is 0.240 e. The van der Waals surface area contributed by atoms with Crippen molar-refractivity contribution in [1.29, 1.82) is 0 Å². The SMILES string of the molecule is CCCCCCCCS(=O)(=O)N(CCCOC)CC(=O)Nc1cc(C)on1. The molecule has 1 aromatic rings. The van der Waals surface area contributed by atoms with Gasteiger partial charge in [0.2, 0.25) is 15.9 Å². The number of nitrogens with one attached hydrogen (secondary N) is 1. The fourth-order valence-electron chi connectivity index (χ4n) is 2.66. The van der Waals surface area contributed by atoms with Crippen LogP contribution in [0.5, 0.6) is 0 Å². The molecule has 0 aliphatic heterocycles. The van der Waals surface area contributed by atoms with Gasteiger partial charge in [-0.2, -0.15) is 4.31 Å². The number of anilines is 1. The summed E-state index contributed by atoms with van der Waals surface area (Å²) in [6.07, 6.45) is 6.53. The summed E-state index contributed by atoms with van der Waals surface area (Å²) in [5.74, 6) is 0.468. The smallest absolute Gasteiger partial charge is 0.240 e. The van der Waals surface area contributed by atoms with E-state index in [1.54, 1.807) is 20.1 Å². The Hall–Kier alpha value is -1.45. The second kappa shape index (κ2) is 12.9. The van der Waals surface area contributed by atoms with Gasteiger partial charge in [0, 0.05) is 26.3 Å². The molecule has 0 aliphatic carbocycles. The minimum Gasteiger partial charge on any atom is -0.385 e. The maximum atomic E-state index is 12.7. The van der Waals surface area contributed by atoms with Crippen LogP contribution in [0, 0.1) is 6.92 Å². The molecule has 0 unspecified atom stereocenters. The molecular weight excluding hydrogens is 370 g/mol. The Labute approximate surface area is 162 Å². The number of ether oxygens (including phenoxy) is 1. The predicted octanol–water partition coefficient (Wildman–Crippen LogP) is 2.95. The van der Waals surface area contributed by atoms with Crippen molar-refractivity contribution in [2.45, 2.75) is 58.8 Å². The molecule has 9 heteroatoms. The number of carbonyl (C=O) groups is 1. The lowest BCUT2D eigenvalue weighted by Crippen LogP contribution is -2.40. The van der Waals surface area contributed by atoms with Crippen molar-refractivity contribution in [2.75, 3.05) is 37.9 Å². The first kappa shape index (κ1) is 23.6. The van der Waals surface area contributed by atoms with Gasteiger partial charge in [-0.25, -0.2) is 8.42 Å². The van der Waals surface area contributed by atoms with Gasteiger partial charge in [0.1, 0.15) is 5.76 Å². The van der Waals surface area contributed by atoms with Crippen LogP contribution in [0.25, 0.3) is 0 Å². The van der Waals surface area contributed by atoms with Crippen LogP contribution in [-0.2, 0) is 19.6 Å². The van der Waals surface area contributed by atoms with Crippen molar-refractivity contribution in [2.24, 2.45) is 0 Å². The molecule has 0 aromatic carbocycles. The number of amides is 1. The van der Waals surface area contributed by atoms with E-state index in [2.05, 4.69) is 17.4 Å². The number of sulfonamides is 1. The average molecular weight is 404 g/mol. The molecule has 1 N–H and O–H groups in total. The van der Waals surface area contributed by atoms with Crippen molar-refractivity contribution in [3.8, 4) is 0 Å². The molecular formula is C18H33N3O5S. The number of carbonyl (C=O) groups excluding carboxylic acids is 1. The Bertz CT molecular complexity index is 645. The summed E-state index contributed by atoms with van der Waals surface area (Å²) in [5.41, 5.74) is 0. The number of aryl methyl sites for hydroxylation is 1. The summed E-state index contributed by atoms with van der Waals surface area (Å²) in [6.45, 7) is 4.30. The summed E-state index contributed by atoms with van der Waals surface area (Å²) in [5, 5.41) is 6.26. The number of hydrogen-bond donors (Lipinski definition) is 1. The van der Waals surface area contributed by atoms with Gasteiger partial charge in [-0.1, -0.05) is 44.2 Å². The molecule has 0 fully saturated rings. The lowest BCUT2D eigenvalue weighted by molar-refractivity contribution is -0.116. The maximum absolute atomic E-state index is 12.7. The zero-order chi connectivity index (χ0) is 20.1. The van der Waals surface area contributed by atoms with Crippen LogP contribution in [0.2, 0.25) is 0 Å². The summed E-state index contributed by atoms with van der Waals surface area (Å²) in [6, 6.07) is 1.58. The minimum atomic E-state index is -3.50. The van der Waals surface area contributed by atoms with Gasteiger partial charge in [0.25, 0.3) is 0 Å². The van der Waals surface area contributed by atoms with Crippen LogP contribution >= 0.6 is 0 Å². The molecule has 0 spiro atoms. The summed E-state index contributed by atoms with van der Waals surface area (Å²) in [7, 11) is -1.94. The summed E-state index contributed by atoms with van der Waals surface area (Å²) < 4.78 is 36.5. The molecule has 0 bridgehead atoms. The van der Waals surface area contributed by atoms with Crippen LogP contribution in [0.3, 0.4) is 0 Å². The largest absolute Gasteiger partial charge is 0.385 e. The lowest BCUT2D eigenvalue weighted by atomic mass is 10.1. The van der Waals surface area contributed by atoms with Crippen molar-refractivity contribution < 1.29 is 22.5 Å². The van der Waals surface area contributed by atoms with E-state index in [1.807, 2.05) is 0 Å². The standard InChI is InChI=1S/C18H33N3O5S/c1-4-5-6-7-8-9-13-27(23,24)21(11-10-12-25-3)15-18(22)19-17-14-16(2)26-20-17/h14H,4-13,15H2,1-3H3,(H,19,20,22). The van der Waals surface area contributed by atoms with E-state index in [0.717, 1.165) is 25.7 Å². The molecule has 8 nitrogen and oxygen atoms in total. The Morgan fingerprint density at radius 3 is 2.56 bits per heavy atom. The summed E-state index contributed by atoms with van der Waals surface area (Å²) >= 11 is 0. The second-order valence-electron chi connectivity index (χ2n) is 6.63. The lowest BCUT2D eigenvalue weighted by Gasteiger charge is -2.21. The van der Waals surface area contributed by atoms with Crippen LogP contribution < -0.4 is 5.32 Å². The van der Waals surface area contributed by atoms with E-state index in [9.17, 15) is 13.2 Å². The van der Waals surface area contributed by atoms with E-state index < -0.39 is 15.9 Å². The van der Waals surface area contributed by atoms with Crippen molar-refractivity contribution in [1.82, 2.24) is 9.46 Å². The molecule has 1 heterocycles. The topological polar surface area (TPSA) is 102 Å². The minimum absolute atomic E-state index is 0.0580. The van der Waals surface area contributed by atoms with Crippen molar-refractivity contribution in [3.05, 3.63) is 11.8 Å². The number of aromatic nitrogens is 1. The molecule has 27 heavy (non-hydrogen) atoms. The predicted molar refractivity (Wildman–Crippen MR) is 105 cm³/mol. The summed E-state index contributed by atoms with van der Waals surface area (Å²) in [4.78, 5) is 12.2. The first-order chi connectivity index (χ1) is 12.9. The van der Waals surface area contributed by atoms with Crippen LogP contribution in [0.4, 0.5) is 5.82 Å². The third-order valence-electron chi connectivity index (χ3n) is 4.12. The molecule has 0 radical (unpaired) electrons. The fourth-order valence-corrected chi connectivity index (χ4v) is 4.21. The number of methoxy groups -OCH3 is 1. The van der Waals surface area contributed by atoms with Gasteiger partial charge in [-0.3, -0.25) is 4.79 Å². The highest BCUT2D eigenvalue weighted by Crippen LogP contribution is 2.11. The average Bonchev–Trinajstić information content (AvgIpc) is 3.02. The first-order valence-electron chi connectivity index (χ1n) is 9.59. The van der Waals surface area contributed by atoms with Gasteiger partial charge >= 0.3 is 0 Å². The zero-order valence-electron chi connectivity index (χ0n) is 16.7. The fraction of sp³-hybridized carbons (Fsp3) is 0.778. The highest BCUT2D eigenvalue weighted by Gasteiger charge is 2.24. The Morgan fingerprint density at radius 2 is 1.93 bits per heavy atom. The molecule has 0 saturated heterocycles. The van der Waals surface area contributed by atoms with E-state index in [0.29, 0.717) is 25.2 Å². The third kappa shape index (κ3) is 9.88. The van der Waals surface area contributed by atoms with Crippen molar-refractivity contribution >= 4 is 21.7 Å². The Kier molecular flexibility index (Phi) is 11.2. The van der Waals surface area contributed by atoms with Gasteiger partial charge < -0.3 is 14.6 Å². The Balaban J connectivity index is 2.57. The quantitative estimate of drug-likeness (QED) is 0.452. The normalized spacial score (nSPS) is 11.9. The van der Waals surface area contributed by atoms with Crippen molar-refractivity contribution in [3.63, 3.8) is 0 Å². The highest BCUT2D eigenvalue weighted by molar-refractivity contribution is 7.89. The second-order valence-corrected chi connectivity index (χ2v) is 8.72. The van der Waals surface area contributed by atoms with Crippen LogP contribution in [0.1, 0.15) is 57.6 Å². The monoisotopic (exact) mass is 403 g/mol. The van der Waals surface area contributed by atoms with Gasteiger partial charge in [-0.05, 0) is 19.8 Å². The molecule has 0 atom stereocenters. The number of nitrogens with zero attached hydrogens (tertiary/aromatic N) is 2.